The van der Waals surface area contributed by atoms with Gasteiger partial charge in [0.2, 0.25) is 0 Å². The van der Waals surface area contributed by atoms with E-state index in [0.29, 0.717) is 0 Å². The average Bonchev–Trinajstić information content (AvgIpc) is 2.99. The predicted octanol–water partition coefficient (Wildman–Crippen LogP) is 4.24. The van der Waals surface area contributed by atoms with E-state index in [4.69, 9.17) is 4.74 Å². The van der Waals surface area contributed by atoms with Gasteiger partial charge in [0.1, 0.15) is 11.6 Å². The van der Waals surface area contributed by atoms with Crippen molar-refractivity contribution >= 4 is 0 Å². The number of likely N-dealkylation sites (tertiary alicyclic amines) is 1. The minimum Gasteiger partial charge on any atom is -0.475 e. The summed E-state index contributed by atoms with van der Waals surface area (Å²) in [4.78, 5) is 2.37. The van der Waals surface area contributed by atoms with Crippen molar-refractivity contribution in [2.75, 3.05) is 13.1 Å². The number of nitrogens with zero attached hydrogens (tertiary/aromatic N) is 1. The van der Waals surface area contributed by atoms with Gasteiger partial charge in [-0.15, -0.1) is 0 Å². The van der Waals surface area contributed by atoms with E-state index in [2.05, 4.69) is 24.0 Å². The first kappa shape index (κ1) is 15.0. The third-order valence-corrected chi connectivity index (χ3v) is 4.23. The number of halogens is 1. The minimum absolute atomic E-state index is 0.190. The lowest BCUT2D eigenvalue weighted by molar-refractivity contribution is 0.0650. The molecule has 2 nitrogen and oxygen atoms in total. The molecule has 3 rings (SSSR count). The zero-order chi connectivity index (χ0) is 15.4. The number of ether oxygens (including phenoxy) is 1. The number of hydrogen-bond acceptors (Lipinski definition) is 2. The Morgan fingerprint density at radius 3 is 2.32 bits per heavy atom. The molecule has 1 heterocycles. The van der Waals surface area contributed by atoms with Crippen molar-refractivity contribution in [1.82, 2.24) is 4.90 Å². The SMILES string of the molecule is CCN1CCCC1Oc1ccc(Cc2ccc(F)cc2)cc1. The number of benzene rings is 2. The largest absolute Gasteiger partial charge is 0.475 e. The Morgan fingerprint density at radius 2 is 1.68 bits per heavy atom. The molecule has 0 bridgehead atoms. The van der Waals surface area contributed by atoms with Crippen LogP contribution in [-0.4, -0.2) is 24.2 Å². The summed E-state index contributed by atoms with van der Waals surface area (Å²) in [6, 6.07) is 14.9. The Balaban J connectivity index is 1.61. The predicted molar refractivity (Wildman–Crippen MR) is 86.5 cm³/mol. The standard InChI is InChI=1S/C19H22FNO/c1-2-21-13-3-4-19(21)22-18-11-7-16(8-12-18)14-15-5-9-17(20)10-6-15/h5-12,19H,2-4,13-14H2,1H3. The van der Waals surface area contributed by atoms with Crippen LogP contribution in [-0.2, 0) is 6.42 Å². The molecule has 1 atom stereocenters. The second kappa shape index (κ2) is 6.93. The van der Waals surface area contributed by atoms with Crippen LogP contribution in [0.1, 0.15) is 30.9 Å². The first-order chi connectivity index (χ1) is 10.7. The highest BCUT2D eigenvalue weighted by molar-refractivity contribution is 5.31. The minimum atomic E-state index is -0.190. The van der Waals surface area contributed by atoms with Crippen LogP contribution in [0, 0.1) is 5.82 Å². The Morgan fingerprint density at radius 1 is 1.05 bits per heavy atom. The van der Waals surface area contributed by atoms with Gasteiger partial charge in [0.25, 0.3) is 0 Å². The van der Waals surface area contributed by atoms with Crippen molar-refractivity contribution in [2.45, 2.75) is 32.4 Å². The fraction of sp³-hybridized carbons (Fsp3) is 0.368. The molecule has 2 aromatic carbocycles. The normalized spacial score (nSPS) is 18.5. The van der Waals surface area contributed by atoms with Gasteiger partial charge < -0.3 is 4.74 Å². The number of rotatable bonds is 5. The van der Waals surface area contributed by atoms with E-state index in [1.54, 1.807) is 0 Å². The third kappa shape index (κ3) is 3.66. The summed E-state index contributed by atoms with van der Waals surface area (Å²) in [6.07, 6.45) is 3.34. The topological polar surface area (TPSA) is 12.5 Å². The van der Waals surface area contributed by atoms with Crippen LogP contribution in [0.15, 0.2) is 48.5 Å². The molecule has 22 heavy (non-hydrogen) atoms. The lowest BCUT2D eigenvalue weighted by Gasteiger charge is -2.23. The van der Waals surface area contributed by atoms with E-state index in [9.17, 15) is 4.39 Å². The molecule has 1 unspecified atom stereocenters. The molecule has 2 aromatic rings. The smallest absolute Gasteiger partial charge is 0.152 e. The molecular weight excluding hydrogens is 277 g/mol. The Hall–Kier alpha value is -1.87. The molecule has 116 valence electrons. The summed E-state index contributed by atoms with van der Waals surface area (Å²) in [5.74, 6) is 0.734. The molecule has 1 saturated heterocycles. The van der Waals surface area contributed by atoms with Crippen LogP contribution in [0.5, 0.6) is 5.75 Å². The summed E-state index contributed by atoms with van der Waals surface area (Å²) in [7, 11) is 0. The summed E-state index contributed by atoms with van der Waals surface area (Å²) < 4.78 is 19.0. The number of hydrogen-bond donors (Lipinski definition) is 0. The highest BCUT2D eigenvalue weighted by Gasteiger charge is 2.24. The molecule has 0 aromatic heterocycles. The fourth-order valence-electron chi connectivity index (χ4n) is 2.97. The third-order valence-electron chi connectivity index (χ3n) is 4.23. The van der Waals surface area contributed by atoms with Gasteiger partial charge in [0, 0.05) is 6.54 Å². The van der Waals surface area contributed by atoms with E-state index in [1.807, 2.05) is 24.3 Å². The first-order valence-electron chi connectivity index (χ1n) is 7.98. The lowest BCUT2D eigenvalue weighted by Crippen LogP contribution is -2.33. The summed E-state index contributed by atoms with van der Waals surface area (Å²) in [5, 5.41) is 0. The second-order valence-electron chi connectivity index (χ2n) is 5.79. The van der Waals surface area contributed by atoms with E-state index in [1.165, 1.54) is 24.1 Å². The van der Waals surface area contributed by atoms with Gasteiger partial charge in [-0.25, -0.2) is 4.39 Å². The van der Waals surface area contributed by atoms with Gasteiger partial charge in [-0.05, 0) is 61.2 Å². The van der Waals surface area contributed by atoms with Crippen molar-refractivity contribution in [3.8, 4) is 5.75 Å². The maximum atomic E-state index is 12.9. The second-order valence-corrected chi connectivity index (χ2v) is 5.79. The monoisotopic (exact) mass is 299 g/mol. The molecule has 0 aliphatic carbocycles. The van der Waals surface area contributed by atoms with Gasteiger partial charge in [-0.2, -0.15) is 0 Å². The van der Waals surface area contributed by atoms with E-state index < -0.39 is 0 Å². The summed E-state index contributed by atoms with van der Waals surface area (Å²) in [5.41, 5.74) is 2.32. The molecule has 0 N–H and O–H groups in total. The van der Waals surface area contributed by atoms with Gasteiger partial charge >= 0.3 is 0 Å². The Bertz CT molecular complexity index is 594. The van der Waals surface area contributed by atoms with E-state index in [0.717, 1.165) is 37.2 Å². The molecule has 0 spiro atoms. The zero-order valence-corrected chi connectivity index (χ0v) is 13.0. The van der Waals surface area contributed by atoms with Crippen LogP contribution >= 0.6 is 0 Å². The first-order valence-corrected chi connectivity index (χ1v) is 7.98. The molecule has 0 saturated carbocycles. The molecule has 1 aliphatic rings. The van der Waals surface area contributed by atoms with Gasteiger partial charge in [-0.3, -0.25) is 4.90 Å². The van der Waals surface area contributed by atoms with Crippen LogP contribution in [0.4, 0.5) is 4.39 Å². The van der Waals surface area contributed by atoms with Crippen LogP contribution in [0.2, 0.25) is 0 Å². The highest BCUT2D eigenvalue weighted by atomic mass is 19.1. The quantitative estimate of drug-likeness (QED) is 0.819. The zero-order valence-electron chi connectivity index (χ0n) is 13.0. The van der Waals surface area contributed by atoms with Gasteiger partial charge in [-0.1, -0.05) is 31.2 Å². The van der Waals surface area contributed by atoms with Crippen molar-refractivity contribution in [3.63, 3.8) is 0 Å². The Kier molecular flexibility index (Phi) is 4.74. The van der Waals surface area contributed by atoms with Crippen molar-refractivity contribution in [3.05, 3.63) is 65.5 Å². The molecule has 1 aliphatic heterocycles. The highest BCUT2D eigenvalue weighted by Crippen LogP contribution is 2.22. The van der Waals surface area contributed by atoms with Crippen molar-refractivity contribution < 1.29 is 9.13 Å². The van der Waals surface area contributed by atoms with Crippen molar-refractivity contribution in [2.24, 2.45) is 0 Å². The maximum Gasteiger partial charge on any atom is 0.152 e. The van der Waals surface area contributed by atoms with Crippen LogP contribution in [0.25, 0.3) is 0 Å². The Labute approximate surface area is 131 Å². The maximum absolute atomic E-state index is 12.9. The molecule has 3 heteroatoms. The van der Waals surface area contributed by atoms with Gasteiger partial charge in [0.05, 0.1) is 0 Å². The molecular formula is C19H22FNO. The van der Waals surface area contributed by atoms with E-state index >= 15 is 0 Å². The van der Waals surface area contributed by atoms with E-state index in [-0.39, 0.29) is 12.0 Å². The molecule has 1 fully saturated rings. The lowest BCUT2D eigenvalue weighted by atomic mass is 10.1. The molecule has 0 radical (unpaired) electrons. The van der Waals surface area contributed by atoms with Gasteiger partial charge in [0.15, 0.2) is 6.23 Å². The van der Waals surface area contributed by atoms with Crippen LogP contribution in [0.3, 0.4) is 0 Å². The van der Waals surface area contributed by atoms with Crippen molar-refractivity contribution in [1.29, 1.82) is 0 Å². The summed E-state index contributed by atoms with van der Waals surface area (Å²) >= 11 is 0. The van der Waals surface area contributed by atoms with Crippen LogP contribution < -0.4 is 4.74 Å². The fourth-order valence-corrected chi connectivity index (χ4v) is 2.97. The molecule has 0 amide bonds. The average molecular weight is 299 g/mol. The summed E-state index contributed by atoms with van der Waals surface area (Å²) in [6.45, 7) is 4.34.